The van der Waals surface area contributed by atoms with Crippen molar-refractivity contribution in [3.63, 3.8) is 0 Å². The lowest BCUT2D eigenvalue weighted by molar-refractivity contribution is 0.0988. The van der Waals surface area contributed by atoms with E-state index in [-0.39, 0.29) is 11.7 Å². The average Bonchev–Trinajstić information content (AvgIpc) is 2.67. The predicted molar refractivity (Wildman–Crippen MR) is 103 cm³/mol. The zero-order valence-corrected chi connectivity index (χ0v) is 16.0. The maximum Gasteiger partial charge on any atom is 0.162 e. The number of nitriles is 1. The minimum Gasteiger partial charge on any atom is -0.294 e. The molecule has 1 saturated carbocycles. The van der Waals surface area contributed by atoms with Crippen LogP contribution >= 0.6 is 0 Å². The summed E-state index contributed by atoms with van der Waals surface area (Å²) in [7, 11) is 0. The van der Waals surface area contributed by atoms with Gasteiger partial charge in [-0.25, -0.2) is 0 Å². The number of unbranched alkanes of at least 4 members (excludes halogenated alkanes) is 2. The molecule has 1 fully saturated rings. The molecule has 0 spiro atoms. The minimum absolute atomic E-state index is 0.115. The molecule has 1 unspecified atom stereocenters. The Balaban J connectivity index is 1.84. The van der Waals surface area contributed by atoms with Crippen molar-refractivity contribution in [1.29, 1.82) is 5.26 Å². The molecule has 2 nitrogen and oxygen atoms in total. The van der Waals surface area contributed by atoms with Crippen molar-refractivity contribution in [1.82, 2.24) is 0 Å². The number of ketones is 1. The standard InChI is InChI=1S/C23H33NO/c1-3-5-6-7-18-8-12-20(13-9-18)22(17-24)16-19-10-14-21(15-11-19)23(25)4-2/h10-11,14-15,18,20,22H,3-9,12-13,16H2,1-2H3. The SMILES string of the molecule is CCCCCC1CCC(C(C#N)Cc2ccc(C(=O)CC)cc2)CC1. The monoisotopic (exact) mass is 339 g/mol. The highest BCUT2D eigenvalue weighted by Gasteiger charge is 2.27. The molecule has 0 aliphatic heterocycles. The lowest BCUT2D eigenvalue weighted by atomic mass is 9.73. The summed E-state index contributed by atoms with van der Waals surface area (Å²) in [5, 5.41) is 9.66. The number of nitrogens with zero attached hydrogens (tertiary/aromatic N) is 1. The van der Waals surface area contributed by atoms with Gasteiger partial charge in [0.1, 0.15) is 0 Å². The Morgan fingerprint density at radius 3 is 2.36 bits per heavy atom. The highest BCUT2D eigenvalue weighted by molar-refractivity contribution is 5.95. The van der Waals surface area contributed by atoms with E-state index in [4.69, 9.17) is 0 Å². The Labute approximate surface area is 153 Å². The molecule has 0 bridgehead atoms. The summed E-state index contributed by atoms with van der Waals surface area (Å²) in [6, 6.07) is 10.5. The second-order valence-corrected chi connectivity index (χ2v) is 7.69. The summed E-state index contributed by atoms with van der Waals surface area (Å²) >= 11 is 0. The van der Waals surface area contributed by atoms with Gasteiger partial charge in [0, 0.05) is 12.0 Å². The van der Waals surface area contributed by atoms with Gasteiger partial charge in [-0.1, -0.05) is 76.6 Å². The molecule has 0 radical (unpaired) electrons. The number of benzene rings is 1. The minimum atomic E-state index is 0.115. The molecule has 2 rings (SSSR count). The number of Topliss-reactive ketones (excluding diaryl/α,β-unsaturated/α-hetero) is 1. The smallest absolute Gasteiger partial charge is 0.162 e. The highest BCUT2D eigenvalue weighted by Crippen LogP contribution is 2.36. The van der Waals surface area contributed by atoms with Crippen molar-refractivity contribution in [2.75, 3.05) is 0 Å². The topological polar surface area (TPSA) is 40.9 Å². The molecule has 0 saturated heterocycles. The molecule has 25 heavy (non-hydrogen) atoms. The van der Waals surface area contributed by atoms with Gasteiger partial charge in [-0.2, -0.15) is 5.26 Å². The van der Waals surface area contributed by atoms with E-state index >= 15 is 0 Å². The molecule has 1 aromatic rings. The van der Waals surface area contributed by atoms with Crippen LogP contribution in [0.25, 0.3) is 0 Å². The highest BCUT2D eigenvalue weighted by atomic mass is 16.1. The summed E-state index contributed by atoms with van der Waals surface area (Å²) in [6.07, 6.45) is 11.8. The van der Waals surface area contributed by atoms with Crippen LogP contribution in [0.5, 0.6) is 0 Å². The number of carbonyl (C=O) groups excluding carboxylic acids is 1. The normalized spacial score (nSPS) is 21.5. The van der Waals surface area contributed by atoms with E-state index in [0.717, 1.165) is 17.9 Å². The maximum atomic E-state index is 11.7. The summed E-state index contributed by atoms with van der Waals surface area (Å²) in [5.74, 6) is 1.74. The van der Waals surface area contributed by atoms with E-state index in [2.05, 4.69) is 13.0 Å². The van der Waals surface area contributed by atoms with Crippen LogP contribution in [0.15, 0.2) is 24.3 Å². The zero-order chi connectivity index (χ0) is 18.1. The van der Waals surface area contributed by atoms with Crippen molar-refractivity contribution in [2.45, 2.75) is 78.1 Å². The quantitative estimate of drug-likeness (QED) is 0.388. The first-order chi connectivity index (χ1) is 12.2. The zero-order valence-electron chi connectivity index (χ0n) is 16.0. The Morgan fingerprint density at radius 1 is 1.12 bits per heavy atom. The van der Waals surface area contributed by atoms with Gasteiger partial charge in [0.05, 0.1) is 12.0 Å². The van der Waals surface area contributed by atoms with Crippen molar-refractivity contribution >= 4 is 5.78 Å². The van der Waals surface area contributed by atoms with Crippen molar-refractivity contribution in [3.05, 3.63) is 35.4 Å². The Bertz CT molecular complexity index is 561. The third kappa shape index (κ3) is 5.99. The summed E-state index contributed by atoms with van der Waals surface area (Å²) in [6.45, 7) is 4.15. The van der Waals surface area contributed by atoms with Crippen LogP contribution in [0, 0.1) is 29.1 Å². The van der Waals surface area contributed by atoms with E-state index in [0.29, 0.717) is 12.3 Å². The van der Waals surface area contributed by atoms with Gasteiger partial charge in [0.25, 0.3) is 0 Å². The first-order valence-corrected chi connectivity index (χ1v) is 10.2. The Morgan fingerprint density at radius 2 is 1.80 bits per heavy atom. The average molecular weight is 340 g/mol. The fraction of sp³-hybridized carbons (Fsp3) is 0.652. The largest absolute Gasteiger partial charge is 0.294 e. The van der Waals surface area contributed by atoms with Crippen LogP contribution in [0.1, 0.15) is 87.6 Å². The molecular formula is C23H33NO. The molecule has 136 valence electrons. The van der Waals surface area contributed by atoms with Crippen LogP contribution in [-0.4, -0.2) is 5.78 Å². The predicted octanol–water partition coefficient (Wildman–Crippen LogP) is 6.35. The molecule has 1 aliphatic carbocycles. The lowest BCUT2D eigenvalue weighted by Gasteiger charge is -2.31. The molecule has 2 heteroatoms. The molecule has 0 amide bonds. The van der Waals surface area contributed by atoms with Gasteiger partial charge in [0.15, 0.2) is 5.78 Å². The Hall–Kier alpha value is -1.62. The van der Waals surface area contributed by atoms with Gasteiger partial charge < -0.3 is 0 Å². The van der Waals surface area contributed by atoms with Gasteiger partial charge in [-0.15, -0.1) is 0 Å². The summed E-state index contributed by atoms with van der Waals surface area (Å²) in [4.78, 5) is 11.7. The molecular weight excluding hydrogens is 306 g/mol. The van der Waals surface area contributed by atoms with Gasteiger partial charge >= 0.3 is 0 Å². The fourth-order valence-corrected chi connectivity index (χ4v) is 4.16. The van der Waals surface area contributed by atoms with Crippen LogP contribution in [0.3, 0.4) is 0 Å². The van der Waals surface area contributed by atoms with E-state index in [1.165, 1.54) is 56.9 Å². The first kappa shape index (κ1) is 19.7. The van der Waals surface area contributed by atoms with Crippen molar-refractivity contribution in [2.24, 2.45) is 17.8 Å². The van der Waals surface area contributed by atoms with Crippen molar-refractivity contribution in [3.8, 4) is 6.07 Å². The lowest BCUT2D eigenvalue weighted by Crippen LogP contribution is -2.22. The van der Waals surface area contributed by atoms with Crippen LogP contribution in [-0.2, 0) is 6.42 Å². The van der Waals surface area contributed by atoms with E-state index in [1.54, 1.807) is 0 Å². The number of hydrogen-bond acceptors (Lipinski definition) is 2. The van der Waals surface area contributed by atoms with Gasteiger partial charge in [-0.3, -0.25) is 4.79 Å². The third-order valence-corrected chi connectivity index (χ3v) is 5.89. The Kier molecular flexibility index (Phi) is 8.19. The molecule has 0 N–H and O–H groups in total. The number of hydrogen-bond donors (Lipinski definition) is 0. The fourth-order valence-electron chi connectivity index (χ4n) is 4.16. The van der Waals surface area contributed by atoms with Gasteiger partial charge in [-0.05, 0) is 36.7 Å². The maximum absolute atomic E-state index is 11.7. The molecule has 0 heterocycles. The second kappa shape index (κ2) is 10.4. The number of carbonyl (C=O) groups is 1. The first-order valence-electron chi connectivity index (χ1n) is 10.2. The second-order valence-electron chi connectivity index (χ2n) is 7.69. The number of rotatable bonds is 9. The van der Waals surface area contributed by atoms with E-state index in [9.17, 15) is 10.1 Å². The molecule has 1 atom stereocenters. The molecule has 1 aliphatic rings. The van der Waals surface area contributed by atoms with Gasteiger partial charge in [0.2, 0.25) is 0 Å². The molecule has 0 aromatic heterocycles. The van der Waals surface area contributed by atoms with E-state index in [1.807, 2.05) is 31.2 Å². The van der Waals surface area contributed by atoms with Crippen LogP contribution in [0.4, 0.5) is 0 Å². The van der Waals surface area contributed by atoms with Crippen LogP contribution < -0.4 is 0 Å². The summed E-state index contributed by atoms with van der Waals surface area (Å²) in [5.41, 5.74) is 1.97. The third-order valence-electron chi connectivity index (χ3n) is 5.89. The van der Waals surface area contributed by atoms with Crippen molar-refractivity contribution < 1.29 is 4.79 Å². The van der Waals surface area contributed by atoms with E-state index < -0.39 is 0 Å². The summed E-state index contributed by atoms with van der Waals surface area (Å²) < 4.78 is 0. The molecule has 1 aromatic carbocycles. The van der Waals surface area contributed by atoms with Crippen LogP contribution in [0.2, 0.25) is 0 Å².